The first-order valence-electron chi connectivity index (χ1n) is 6.84. The standard InChI is InChI=1S/C16H17N3O2/c1-11-3-4-14-12(10-21-15(14)7-11)8-16(20)17-9-13-5-6-18-19(13)2/h3-7,10H,8-9H2,1-2H3,(H,17,20). The van der Waals surface area contributed by atoms with Gasteiger partial charge in [-0.1, -0.05) is 12.1 Å². The minimum Gasteiger partial charge on any atom is -0.464 e. The molecule has 0 aliphatic carbocycles. The molecule has 5 nitrogen and oxygen atoms in total. The SMILES string of the molecule is Cc1ccc2c(CC(=O)NCc3ccnn3C)coc2c1. The molecule has 0 atom stereocenters. The molecule has 0 aliphatic heterocycles. The van der Waals surface area contributed by atoms with E-state index >= 15 is 0 Å². The van der Waals surface area contributed by atoms with Crippen molar-refractivity contribution in [3.8, 4) is 0 Å². The van der Waals surface area contributed by atoms with Gasteiger partial charge in [0.1, 0.15) is 5.58 Å². The van der Waals surface area contributed by atoms with E-state index in [1.807, 2.05) is 38.2 Å². The maximum absolute atomic E-state index is 12.0. The second-order valence-corrected chi connectivity index (χ2v) is 5.16. The van der Waals surface area contributed by atoms with Gasteiger partial charge in [-0.2, -0.15) is 5.10 Å². The Morgan fingerprint density at radius 3 is 3.00 bits per heavy atom. The molecule has 2 aromatic heterocycles. The molecule has 0 bridgehead atoms. The summed E-state index contributed by atoms with van der Waals surface area (Å²) in [5.74, 6) is -0.0283. The minimum atomic E-state index is -0.0283. The molecular formula is C16H17N3O2. The third-order valence-electron chi connectivity index (χ3n) is 3.55. The van der Waals surface area contributed by atoms with E-state index in [0.29, 0.717) is 13.0 Å². The van der Waals surface area contributed by atoms with Crippen LogP contribution in [0.3, 0.4) is 0 Å². The van der Waals surface area contributed by atoms with Crippen LogP contribution >= 0.6 is 0 Å². The molecular weight excluding hydrogens is 266 g/mol. The van der Waals surface area contributed by atoms with Crippen LogP contribution in [0.1, 0.15) is 16.8 Å². The summed E-state index contributed by atoms with van der Waals surface area (Å²) in [6.45, 7) is 2.49. The van der Waals surface area contributed by atoms with Crippen LogP contribution in [-0.4, -0.2) is 15.7 Å². The van der Waals surface area contributed by atoms with Gasteiger partial charge in [0.25, 0.3) is 0 Å². The molecule has 108 valence electrons. The number of aromatic nitrogens is 2. The molecule has 1 amide bonds. The Hall–Kier alpha value is -2.56. The Kier molecular flexibility index (Phi) is 3.48. The summed E-state index contributed by atoms with van der Waals surface area (Å²) in [5.41, 5.74) is 3.84. The Labute approximate surface area is 122 Å². The van der Waals surface area contributed by atoms with Crippen molar-refractivity contribution >= 4 is 16.9 Å². The number of benzene rings is 1. The molecule has 0 saturated carbocycles. The lowest BCUT2D eigenvalue weighted by Gasteiger charge is -2.05. The molecule has 0 aliphatic rings. The van der Waals surface area contributed by atoms with Gasteiger partial charge in [0.2, 0.25) is 5.91 Å². The first kappa shape index (κ1) is 13.4. The van der Waals surface area contributed by atoms with E-state index in [9.17, 15) is 4.79 Å². The average molecular weight is 283 g/mol. The van der Waals surface area contributed by atoms with Crippen LogP contribution in [-0.2, 0) is 24.8 Å². The fourth-order valence-corrected chi connectivity index (χ4v) is 2.33. The van der Waals surface area contributed by atoms with Gasteiger partial charge in [0.05, 0.1) is 24.9 Å². The molecule has 3 aromatic rings. The fourth-order valence-electron chi connectivity index (χ4n) is 2.33. The van der Waals surface area contributed by atoms with Crippen LogP contribution < -0.4 is 5.32 Å². The number of rotatable bonds is 4. The Morgan fingerprint density at radius 1 is 1.38 bits per heavy atom. The van der Waals surface area contributed by atoms with Gasteiger partial charge in [-0.3, -0.25) is 9.48 Å². The summed E-state index contributed by atoms with van der Waals surface area (Å²) in [6.07, 6.45) is 3.69. The number of aryl methyl sites for hydroxylation is 2. The number of fused-ring (bicyclic) bond motifs is 1. The van der Waals surface area contributed by atoms with Crippen LogP contribution in [0, 0.1) is 6.92 Å². The Balaban J connectivity index is 1.67. The van der Waals surface area contributed by atoms with E-state index in [4.69, 9.17) is 4.42 Å². The Morgan fingerprint density at radius 2 is 2.24 bits per heavy atom. The number of carbonyl (C=O) groups excluding carboxylic acids is 1. The van der Waals surface area contributed by atoms with Crippen molar-refractivity contribution in [3.05, 3.63) is 53.5 Å². The third-order valence-corrected chi connectivity index (χ3v) is 3.55. The summed E-state index contributed by atoms with van der Waals surface area (Å²) < 4.78 is 7.25. The lowest BCUT2D eigenvalue weighted by atomic mass is 10.1. The zero-order chi connectivity index (χ0) is 14.8. The second kappa shape index (κ2) is 5.44. The summed E-state index contributed by atoms with van der Waals surface area (Å²) in [6, 6.07) is 7.88. The van der Waals surface area contributed by atoms with E-state index in [0.717, 1.165) is 27.8 Å². The van der Waals surface area contributed by atoms with Crippen molar-refractivity contribution in [2.45, 2.75) is 19.9 Å². The van der Waals surface area contributed by atoms with E-state index in [1.165, 1.54) is 0 Å². The lowest BCUT2D eigenvalue weighted by molar-refractivity contribution is -0.120. The summed E-state index contributed by atoms with van der Waals surface area (Å²) in [7, 11) is 1.85. The number of hydrogen-bond donors (Lipinski definition) is 1. The van der Waals surface area contributed by atoms with Gasteiger partial charge in [0, 0.05) is 24.2 Å². The monoisotopic (exact) mass is 283 g/mol. The van der Waals surface area contributed by atoms with E-state index < -0.39 is 0 Å². The molecule has 5 heteroatoms. The average Bonchev–Trinajstić information content (AvgIpc) is 3.03. The van der Waals surface area contributed by atoms with E-state index in [1.54, 1.807) is 17.1 Å². The molecule has 1 N–H and O–H groups in total. The lowest BCUT2D eigenvalue weighted by Crippen LogP contribution is -2.25. The maximum Gasteiger partial charge on any atom is 0.224 e. The molecule has 0 fully saturated rings. The van der Waals surface area contributed by atoms with Gasteiger partial charge in [-0.15, -0.1) is 0 Å². The minimum absolute atomic E-state index is 0.0283. The van der Waals surface area contributed by atoms with Gasteiger partial charge < -0.3 is 9.73 Å². The quantitative estimate of drug-likeness (QED) is 0.799. The van der Waals surface area contributed by atoms with Gasteiger partial charge in [0.15, 0.2) is 0 Å². The molecule has 0 spiro atoms. The highest BCUT2D eigenvalue weighted by molar-refractivity contribution is 5.87. The first-order chi connectivity index (χ1) is 10.1. The maximum atomic E-state index is 12.0. The van der Waals surface area contributed by atoms with Crippen molar-refractivity contribution in [3.63, 3.8) is 0 Å². The van der Waals surface area contributed by atoms with Crippen LogP contribution in [0.25, 0.3) is 11.0 Å². The third kappa shape index (κ3) is 2.81. The van der Waals surface area contributed by atoms with Crippen LogP contribution in [0.15, 0.2) is 41.1 Å². The molecule has 0 unspecified atom stereocenters. The normalized spacial score (nSPS) is 11.0. The number of nitrogens with one attached hydrogen (secondary N) is 1. The number of amides is 1. The van der Waals surface area contributed by atoms with Crippen LogP contribution in [0.2, 0.25) is 0 Å². The summed E-state index contributed by atoms with van der Waals surface area (Å²) in [4.78, 5) is 12.0. The zero-order valence-electron chi connectivity index (χ0n) is 12.1. The second-order valence-electron chi connectivity index (χ2n) is 5.16. The number of nitrogens with zero attached hydrogens (tertiary/aromatic N) is 2. The largest absolute Gasteiger partial charge is 0.464 e. The predicted octanol–water partition coefficient (Wildman–Crippen LogP) is 2.33. The van der Waals surface area contributed by atoms with E-state index in [-0.39, 0.29) is 5.91 Å². The number of carbonyl (C=O) groups is 1. The Bertz CT molecular complexity index is 786. The highest BCUT2D eigenvalue weighted by atomic mass is 16.3. The topological polar surface area (TPSA) is 60.1 Å². The molecule has 3 rings (SSSR count). The number of hydrogen-bond acceptors (Lipinski definition) is 3. The molecule has 2 heterocycles. The summed E-state index contributed by atoms with van der Waals surface area (Å²) >= 11 is 0. The van der Waals surface area contributed by atoms with Crippen molar-refractivity contribution in [1.82, 2.24) is 15.1 Å². The van der Waals surface area contributed by atoms with Crippen molar-refractivity contribution in [2.75, 3.05) is 0 Å². The van der Waals surface area contributed by atoms with Crippen molar-refractivity contribution in [1.29, 1.82) is 0 Å². The predicted molar refractivity (Wildman–Crippen MR) is 79.7 cm³/mol. The number of furan rings is 1. The van der Waals surface area contributed by atoms with Gasteiger partial charge in [-0.05, 0) is 24.6 Å². The highest BCUT2D eigenvalue weighted by Crippen LogP contribution is 2.22. The fraction of sp³-hybridized carbons (Fsp3) is 0.250. The first-order valence-corrected chi connectivity index (χ1v) is 6.84. The highest BCUT2D eigenvalue weighted by Gasteiger charge is 2.11. The van der Waals surface area contributed by atoms with Crippen LogP contribution in [0.5, 0.6) is 0 Å². The zero-order valence-corrected chi connectivity index (χ0v) is 12.1. The van der Waals surface area contributed by atoms with Crippen molar-refractivity contribution in [2.24, 2.45) is 7.05 Å². The molecule has 0 radical (unpaired) electrons. The molecule has 0 saturated heterocycles. The van der Waals surface area contributed by atoms with Gasteiger partial charge >= 0.3 is 0 Å². The van der Waals surface area contributed by atoms with Crippen molar-refractivity contribution < 1.29 is 9.21 Å². The molecule has 1 aromatic carbocycles. The smallest absolute Gasteiger partial charge is 0.224 e. The molecule has 21 heavy (non-hydrogen) atoms. The van der Waals surface area contributed by atoms with E-state index in [2.05, 4.69) is 10.4 Å². The van der Waals surface area contributed by atoms with Gasteiger partial charge in [-0.25, -0.2) is 0 Å². The summed E-state index contributed by atoms with van der Waals surface area (Å²) in [5, 5.41) is 7.97. The van der Waals surface area contributed by atoms with Crippen LogP contribution in [0.4, 0.5) is 0 Å².